The number of nitriles is 1. The van der Waals surface area contributed by atoms with Gasteiger partial charge in [-0.3, -0.25) is 4.72 Å². The number of likely N-dealkylation sites (N-methyl/N-ethyl adjacent to an activating group) is 1. The fourth-order valence-electron chi connectivity index (χ4n) is 2.42. The van der Waals surface area contributed by atoms with E-state index in [-0.39, 0.29) is 10.5 Å². The quantitative estimate of drug-likeness (QED) is 0.933. The van der Waals surface area contributed by atoms with Crippen LogP contribution in [0, 0.1) is 11.3 Å². The van der Waals surface area contributed by atoms with Gasteiger partial charge in [-0.05, 0) is 30.3 Å². The molecular weight excluding hydrogens is 314 g/mol. The van der Waals surface area contributed by atoms with Gasteiger partial charge < -0.3 is 9.64 Å². The Hall–Kier alpha value is -2.72. The second-order valence-electron chi connectivity index (χ2n) is 5.17. The van der Waals surface area contributed by atoms with Crippen LogP contribution in [-0.4, -0.2) is 28.6 Å². The van der Waals surface area contributed by atoms with E-state index in [1.807, 2.05) is 18.0 Å². The zero-order valence-corrected chi connectivity index (χ0v) is 13.3. The SMILES string of the molecule is CN1CCOc2ccc(NS(=O)(=O)c3ccccc3C#N)cc21. The van der Waals surface area contributed by atoms with Crippen molar-refractivity contribution < 1.29 is 13.2 Å². The van der Waals surface area contributed by atoms with Crippen LogP contribution in [0.1, 0.15) is 5.56 Å². The molecule has 3 rings (SSSR count). The first-order chi connectivity index (χ1) is 11.0. The highest BCUT2D eigenvalue weighted by Crippen LogP contribution is 2.34. The topological polar surface area (TPSA) is 82.4 Å². The molecule has 0 bridgehead atoms. The first kappa shape index (κ1) is 15.2. The minimum atomic E-state index is -3.83. The van der Waals surface area contributed by atoms with Gasteiger partial charge in [0.2, 0.25) is 0 Å². The highest BCUT2D eigenvalue weighted by molar-refractivity contribution is 7.92. The predicted octanol–water partition coefficient (Wildman–Crippen LogP) is 2.19. The monoisotopic (exact) mass is 329 g/mol. The zero-order chi connectivity index (χ0) is 16.4. The van der Waals surface area contributed by atoms with Gasteiger partial charge in [0.15, 0.2) is 0 Å². The summed E-state index contributed by atoms with van der Waals surface area (Å²) in [6.45, 7) is 1.34. The van der Waals surface area contributed by atoms with Gasteiger partial charge in [0, 0.05) is 7.05 Å². The number of nitrogens with one attached hydrogen (secondary N) is 1. The van der Waals surface area contributed by atoms with Gasteiger partial charge in [0.05, 0.1) is 23.5 Å². The molecule has 7 heteroatoms. The molecule has 2 aromatic carbocycles. The maximum atomic E-state index is 12.5. The van der Waals surface area contributed by atoms with E-state index in [1.165, 1.54) is 12.1 Å². The standard InChI is InChI=1S/C16H15N3O3S/c1-19-8-9-22-15-7-6-13(10-14(15)19)18-23(20,21)16-5-3-2-4-12(16)11-17/h2-7,10,18H,8-9H2,1H3. The summed E-state index contributed by atoms with van der Waals surface area (Å²) in [6, 6.07) is 13.1. The van der Waals surface area contributed by atoms with Gasteiger partial charge in [-0.2, -0.15) is 5.26 Å². The van der Waals surface area contributed by atoms with E-state index >= 15 is 0 Å². The number of benzene rings is 2. The molecule has 2 aromatic rings. The molecule has 23 heavy (non-hydrogen) atoms. The van der Waals surface area contributed by atoms with Crippen molar-refractivity contribution in [2.45, 2.75) is 4.90 Å². The van der Waals surface area contributed by atoms with Gasteiger partial charge in [-0.25, -0.2) is 8.42 Å². The van der Waals surface area contributed by atoms with E-state index in [9.17, 15) is 8.42 Å². The lowest BCUT2D eigenvalue weighted by Gasteiger charge is -2.28. The van der Waals surface area contributed by atoms with Crippen LogP contribution in [0.3, 0.4) is 0 Å². The molecule has 1 aliphatic heterocycles. The van der Waals surface area contributed by atoms with Crippen LogP contribution in [0.15, 0.2) is 47.4 Å². The van der Waals surface area contributed by atoms with Crippen LogP contribution in [-0.2, 0) is 10.0 Å². The first-order valence-corrected chi connectivity index (χ1v) is 8.49. The minimum Gasteiger partial charge on any atom is -0.490 e. The lowest BCUT2D eigenvalue weighted by atomic mass is 10.2. The molecule has 1 aliphatic rings. The maximum Gasteiger partial charge on any atom is 0.263 e. The van der Waals surface area contributed by atoms with E-state index in [0.29, 0.717) is 12.3 Å². The van der Waals surface area contributed by atoms with Crippen molar-refractivity contribution in [3.8, 4) is 11.8 Å². The molecule has 0 atom stereocenters. The van der Waals surface area contributed by atoms with Crippen LogP contribution >= 0.6 is 0 Å². The molecule has 6 nitrogen and oxygen atoms in total. The van der Waals surface area contributed by atoms with Crippen LogP contribution < -0.4 is 14.4 Å². The largest absolute Gasteiger partial charge is 0.490 e. The third-order valence-electron chi connectivity index (χ3n) is 3.60. The fourth-order valence-corrected chi connectivity index (χ4v) is 3.63. The Bertz CT molecular complexity index is 888. The first-order valence-electron chi connectivity index (χ1n) is 7.01. The Morgan fingerprint density at radius 2 is 2.04 bits per heavy atom. The molecule has 0 saturated heterocycles. The fraction of sp³-hybridized carbons (Fsp3) is 0.188. The summed E-state index contributed by atoms with van der Waals surface area (Å²) in [7, 11) is -1.91. The van der Waals surface area contributed by atoms with Crippen LogP contribution in [0.5, 0.6) is 5.75 Å². The van der Waals surface area contributed by atoms with Gasteiger partial charge in [-0.1, -0.05) is 12.1 Å². The maximum absolute atomic E-state index is 12.5. The lowest BCUT2D eigenvalue weighted by Crippen LogP contribution is -2.28. The van der Waals surface area contributed by atoms with Gasteiger partial charge in [0.1, 0.15) is 23.3 Å². The molecular formula is C16H15N3O3S. The number of hydrogen-bond acceptors (Lipinski definition) is 5. The summed E-state index contributed by atoms with van der Waals surface area (Å²) in [5.74, 6) is 0.721. The molecule has 118 valence electrons. The average Bonchev–Trinajstić information content (AvgIpc) is 2.55. The summed E-state index contributed by atoms with van der Waals surface area (Å²) in [6.07, 6.45) is 0. The number of anilines is 2. The van der Waals surface area contributed by atoms with Crippen molar-refractivity contribution in [1.29, 1.82) is 5.26 Å². The van der Waals surface area contributed by atoms with Crippen molar-refractivity contribution >= 4 is 21.4 Å². The van der Waals surface area contributed by atoms with Crippen molar-refractivity contribution in [3.63, 3.8) is 0 Å². The van der Waals surface area contributed by atoms with E-state index < -0.39 is 10.0 Å². The van der Waals surface area contributed by atoms with Crippen molar-refractivity contribution in [2.75, 3.05) is 29.8 Å². The molecule has 0 aliphatic carbocycles. The van der Waals surface area contributed by atoms with E-state index in [2.05, 4.69) is 4.72 Å². The number of ether oxygens (including phenoxy) is 1. The van der Waals surface area contributed by atoms with Crippen LogP contribution in [0.2, 0.25) is 0 Å². The highest BCUT2D eigenvalue weighted by Gasteiger charge is 2.20. The van der Waals surface area contributed by atoms with E-state index in [1.54, 1.807) is 30.3 Å². The Kier molecular flexibility index (Phi) is 3.84. The third-order valence-corrected chi connectivity index (χ3v) is 5.04. The molecule has 0 radical (unpaired) electrons. The molecule has 0 saturated carbocycles. The molecule has 1 heterocycles. The van der Waals surface area contributed by atoms with E-state index in [4.69, 9.17) is 10.00 Å². The Morgan fingerprint density at radius 1 is 1.26 bits per heavy atom. The Balaban J connectivity index is 1.95. The molecule has 0 unspecified atom stereocenters. The number of fused-ring (bicyclic) bond motifs is 1. The molecule has 0 fully saturated rings. The molecule has 0 aromatic heterocycles. The minimum absolute atomic E-state index is 0.0372. The van der Waals surface area contributed by atoms with Crippen molar-refractivity contribution in [3.05, 3.63) is 48.0 Å². The average molecular weight is 329 g/mol. The summed E-state index contributed by atoms with van der Waals surface area (Å²) in [5, 5.41) is 9.08. The summed E-state index contributed by atoms with van der Waals surface area (Å²) < 4.78 is 33.1. The predicted molar refractivity (Wildman–Crippen MR) is 87.2 cm³/mol. The van der Waals surface area contributed by atoms with Gasteiger partial charge in [-0.15, -0.1) is 0 Å². The smallest absolute Gasteiger partial charge is 0.263 e. The number of nitrogens with zero attached hydrogens (tertiary/aromatic N) is 2. The third kappa shape index (κ3) is 2.94. The molecule has 0 spiro atoms. The molecule has 1 N–H and O–H groups in total. The second kappa shape index (κ2) is 5.82. The van der Waals surface area contributed by atoms with Crippen LogP contribution in [0.25, 0.3) is 0 Å². The van der Waals surface area contributed by atoms with Gasteiger partial charge >= 0.3 is 0 Å². The number of hydrogen-bond donors (Lipinski definition) is 1. The Morgan fingerprint density at radius 3 is 2.83 bits per heavy atom. The zero-order valence-electron chi connectivity index (χ0n) is 12.5. The Labute approximate surface area is 135 Å². The summed E-state index contributed by atoms with van der Waals surface area (Å²) in [5.41, 5.74) is 1.36. The number of rotatable bonds is 3. The second-order valence-corrected chi connectivity index (χ2v) is 6.82. The van der Waals surface area contributed by atoms with Crippen LogP contribution in [0.4, 0.5) is 11.4 Å². The molecule has 0 amide bonds. The van der Waals surface area contributed by atoms with E-state index in [0.717, 1.165) is 18.0 Å². The normalized spacial score (nSPS) is 13.7. The van der Waals surface area contributed by atoms with Crippen molar-refractivity contribution in [2.24, 2.45) is 0 Å². The number of sulfonamides is 1. The highest BCUT2D eigenvalue weighted by atomic mass is 32.2. The van der Waals surface area contributed by atoms with Gasteiger partial charge in [0.25, 0.3) is 10.0 Å². The summed E-state index contributed by atoms with van der Waals surface area (Å²) >= 11 is 0. The lowest BCUT2D eigenvalue weighted by molar-refractivity contribution is 0.311. The summed E-state index contributed by atoms with van der Waals surface area (Å²) in [4.78, 5) is 1.96. The van der Waals surface area contributed by atoms with Crippen molar-refractivity contribution in [1.82, 2.24) is 0 Å².